The summed E-state index contributed by atoms with van der Waals surface area (Å²) in [5, 5.41) is 6.78. The van der Waals surface area contributed by atoms with Crippen LogP contribution in [0.3, 0.4) is 0 Å². The molecule has 122 valence electrons. The summed E-state index contributed by atoms with van der Waals surface area (Å²) < 4.78 is 6.95. The zero-order valence-corrected chi connectivity index (χ0v) is 13.2. The fourth-order valence-electron chi connectivity index (χ4n) is 3.30. The molecule has 24 heavy (non-hydrogen) atoms. The summed E-state index contributed by atoms with van der Waals surface area (Å²) in [5.74, 6) is 0.0916. The molecular weight excluding hydrogens is 306 g/mol. The van der Waals surface area contributed by atoms with Gasteiger partial charge in [-0.25, -0.2) is 4.98 Å². The lowest BCUT2D eigenvalue weighted by atomic mass is 9.84. The van der Waals surface area contributed by atoms with E-state index in [9.17, 15) is 4.79 Å². The van der Waals surface area contributed by atoms with Crippen molar-refractivity contribution in [3.05, 3.63) is 65.8 Å². The van der Waals surface area contributed by atoms with Crippen LogP contribution in [0.1, 0.15) is 46.1 Å². The van der Waals surface area contributed by atoms with E-state index in [-0.39, 0.29) is 23.8 Å². The maximum absolute atomic E-state index is 12.5. The molecule has 1 amide bonds. The number of nitrogens with zero attached hydrogens (tertiary/aromatic N) is 4. The van der Waals surface area contributed by atoms with E-state index >= 15 is 0 Å². The molecule has 0 saturated heterocycles. The highest BCUT2D eigenvalue weighted by molar-refractivity contribution is 5.90. The summed E-state index contributed by atoms with van der Waals surface area (Å²) in [5.41, 5.74) is 2.37. The minimum Gasteiger partial charge on any atom is -0.340 e. The van der Waals surface area contributed by atoms with Gasteiger partial charge in [0, 0.05) is 19.3 Å². The van der Waals surface area contributed by atoms with Crippen LogP contribution in [-0.4, -0.2) is 25.6 Å². The monoisotopic (exact) mass is 323 g/mol. The topological polar surface area (TPSA) is 85.8 Å². The summed E-state index contributed by atoms with van der Waals surface area (Å²) in [6.07, 6.45) is 7.35. The first-order valence-electron chi connectivity index (χ1n) is 7.89. The van der Waals surface area contributed by atoms with Gasteiger partial charge in [-0.3, -0.25) is 4.79 Å². The molecule has 2 atom stereocenters. The highest BCUT2D eigenvalue weighted by Crippen LogP contribution is 2.37. The van der Waals surface area contributed by atoms with Crippen LogP contribution in [0.15, 0.2) is 47.5 Å². The van der Waals surface area contributed by atoms with Gasteiger partial charge in [0.2, 0.25) is 5.89 Å². The number of carbonyl (C=O) groups excluding carboxylic acids is 1. The smallest absolute Gasteiger partial charge is 0.293 e. The molecule has 1 aromatic carbocycles. The van der Waals surface area contributed by atoms with E-state index in [0.29, 0.717) is 5.89 Å². The van der Waals surface area contributed by atoms with Crippen molar-refractivity contribution in [3.63, 3.8) is 0 Å². The van der Waals surface area contributed by atoms with Gasteiger partial charge in [-0.15, -0.1) is 0 Å². The van der Waals surface area contributed by atoms with Crippen molar-refractivity contribution in [2.75, 3.05) is 0 Å². The van der Waals surface area contributed by atoms with E-state index in [0.717, 1.165) is 18.4 Å². The van der Waals surface area contributed by atoms with Gasteiger partial charge in [0.1, 0.15) is 0 Å². The lowest BCUT2D eigenvalue weighted by Crippen LogP contribution is -2.37. The van der Waals surface area contributed by atoms with E-state index in [4.69, 9.17) is 4.52 Å². The minimum atomic E-state index is -0.335. The molecule has 0 fully saturated rings. The molecule has 0 radical (unpaired) electrons. The van der Waals surface area contributed by atoms with Gasteiger partial charge in [-0.2, -0.15) is 4.98 Å². The maximum Gasteiger partial charge on any atom is 0.293 e. The molecule has 3 aromatic rings. The van der Waals surface area contributed by atoms with Gasteiger partial charge in [0.05, 0.1) is 18.4 Å². The average Bonchev–Trinajstić information content (AvgIpc) is 3.27. The Labute approximate surface area is 138 Å². The van der Waals surface area contributed by atoms with Crippen LogP contribution in [0.2, 0.25) is 0 Å². The first-order chi connectivity index (χ1) is 11.7. The molecule has 1 aliphatic rings. The lowest BCUT2D eigenvalue weighted by Gasteiger charge is -2.34. The summed E-state index contributed by atoms with van der Waals surface area (Å²) in [6.45, 7) is 1.66. The zero-order chi connectivity index (χ0) is 16.5. The molecule has 2 aromatic heterocycles. The number of nitrogens with one attached hydrogen (secondary N) is 1. The Balaban J connectivity index is 1.68. The van der Waals surface area contributed by atoms with Crippen LogP contribution in [-0.2, 0) is 6.42 Å². The first-order valence-corrected chi connectivity index (χ1v) is 7.89. The average molecular weight is 323 g/mol. The fourth-order valence-corrected chi connectivity index (χ4v) is 3.30. The number of hydrogen-bond donors (Lipinski definition) is 1. The predicted molar refractivity (Wildman–Crippen MR) is 85.3 cm³/mol. The Hall–Kier alpha value is -2.96. The van der Waals surface area contributed by atoms with Crippen molar-refractivity contribution in [1.29, 1.82) is 0 Å². The quantitative estimate of drug-likeness (QED) is 0.799. The number of carbonyl (C=O) groups is 1. The van der Waals surface area contributed by atoms with Gasteiger partial charge in [0.15, 0.2) is 0 Å². The summed E-state index contributed by atoms with van der Waals surface area (Å²) in [6, 6.07) is 8.11. The predicted octanol–water partition coefficient (Wildman–Crippen LogP) is 2.23. The van der Waals surface area contributed by atoms with E-state index in [1.54, 1.807) is 19.4 Å². The molecule has 7 nitrogen and oxygen atoms in total. The highest BCUT2D eigenvalue weighted by atomic mass is 16.5. The lowest BCUT2D eigenvalue weighted by molar-refractivity contribution is 0.0904. The second-order valence-electron chi connectivity index (χ2n) is 5.90. The molecule has 0 spiro atoms. The number of amides is 1. The minimum absolute atomic E-state index is 0.0555. The Morgan fingerprint density at radius 2 is 2.25 bits per heavy atom. The number of fused-ring (bicyclic) bond motifs is 1. The molecular formula is C17H17N5O2. The third kappa shape index (κ3) is 2.58. The SMILES string of the molecule is Cc1nc(C(=O)N[C@@H]2c3ccccc3CC[C@@H]2n2ccnc2)no1. The number of rotatable bonds is 3. The van der Waals surface area contributed by atoms with Crippen LogP contribution < -0.4 is 5.32 Å². The Bertz CT molecular complexity index is 856. The molecule has 0 bridgehead atoms. The molecule has 1 N–H and O–H groups in total. The van der Waals surface area contributed by atoms with Gasteiger partial charge in [0.25, 0.3) is 11.7 Å². The van der Waals surface area contributed by atoms with Crippen molar-refractivity contribution in [1.82, 2.24) is 25.0 Å². The second-order valence-corrected chi connectivity index (χ2v) is 5.90. The highest BCUT2D eigenvalue weighted by Gasteiger charge is 2.32. The van der Waals surface area contributed by atoms with Gasteiger partial charge < -0.3 is 14.4 Å². The van der Waals surface area contributed by atoms with Crippen molar-refractivity contribution in [2.24, 2.45) is 0 Å². The van der Waals surface area contributed by atoms with Crippen molar-refractivity contribution in [3.8, 4) is 0 Å². The van der Waals surface area contributed by atoms with E-state index in [1.165, 1.54) is 5.56 Å². The molecule has 0 saturated carbocycles. The van der Waals surface area contributed by atoms with E-state index in [1.807, 2.05) is 22.9 Å². The molecule has 7 heteroatoms. The zero-order valence-electron chi connectivity index (χ0n) is 13.2. The van der Waals surface area contributed by atoms with Crippen LogP contribution >= 0.6 is 0 Å². The number of imidazole rings is 1. The van der Waals surface area contributed by atoms with Gasteiger partial charge in [-0.05, 0) is 24.0 Å². The maximum atomic E-state index is 12.5. The van der Waals surface area contributed by atoms with Gasteiger partial charge in [-0.1, -0.05) is 29.4 Å². The Kier molecular flexibility index (Phi) is 3.60. The number of aryl methyl sites for hydroxylation is 2. The van der Waals surface area contributed by atoms with E-state index in [2.05, 4.69) is 32.6 Å². The molecule has 1 aliphatic carbocycles. The van der Waals surface area contributed by atoms with Crippen molar-refractivity contribution in [2.45, 2.75) is 31.8 Å². The Morgan fingerprint density at radius 1 is 1.38 bits per heavy atom. The normalized spacial score (nSPS) is 19.7. The molecule has 2 heterocycles. The third-order valence-electron chi connectivity index (χ3n) is 4.41. The van der Waals surface area contributed by atoms with Crippen LogP contribution in [0.4, 0.5) is 0 Å². The van der Waals surface area contributed by atoms with Crippen LogP contribution in [0.5, 0.6) is 0 Å². The number of benzene rings is 1. The summed E-state index contributed by atoms with van der Waals surface area (Å²) in [7, 11) is 0. The first kappa shape index (κ1) is 14.6. The van der Waals surface area contributed by atoms with Crippen LogP contribution in [0, 0.1) is 6.92 Å². The summed E-state index contributed by atoms with van der Waals surface area (Å²) in [4.78, 5) is 20.7. The van der Waals surface area contributed by atoms with E-state index < -0.39 is 0 Å². The molecule has 0 unspecified atom stereocenters. The fraction of sp³-hybridized carbons (Fsp3) is 0.294. The second kappa shape index (κ2) is 5.92. The standard InChI is InChI=1S/C17H17N5O2/c1-11-19-16(21-24-11)17(23)20-15-13-5-3-2-4-12(13)6-7-14(15)22-9-8-18-10-22/h2-5,8-10,14-15H,6-7H2,1H3,(H,20,23)/t14-,15+/m0/s1. The third-order valence-corrected chi connectivity index (χ3v) is 4.41. The number of aromatic nitrogens is 4. The van der Waals surface area contributed by atoms with Crippen molar-refractivity contribution < 1.29 is 9.32 Å². The van der Waals surface area contributed by atoms with Crippen LogP contribution in [0.25, 0.3) is 0 Å². The largest absolute Gasteiger partial charge is 0.340 e. The summed E-state index contributed by atoms with van der Waals surface area (Å²) >= 11 is 0. The van der Waals surface area contributed by atoms with Gasteiger partial charge >= 0.3 is 0 Å². The van der Waals surface area contributed by atoms with Crippen molar-refractivity contribution >= 4 is 5.91 Å². The Morgan fingerprint density at radius 3 is 3.00 bits per heavy atom. The molecule has 4 rings (SSSR count). The molecule has 0 aliphatic heterocycles. The number of hydrogen-bond acceptors (Lipinski definition) is 5.